The van der Waals surface area contributed by atoms with Gasteiger partial charge in [0.15, 0.2) is 17.4 Å². The minimum atomic E-state index is -4.61. The quantitative estimate of drug-likeness (QED) is 0.205. The first-order chi connectivity index (χ1) is 3.73. The number of hydrogen-bond donors (Lipinski definition) is 7. The van der Waals surface area contributed by atoms with Crippen molar-refractivity contribution in [2.75, 3.05) is 0 Å². The first-order valence-electron chi connectivity index (χ1n) is 1.67. The fraction of sp³-hybridized carbons (Fsp3) is 0. The maximum Gasteiger partial charge on any atom is 2.00 e. The first-order valence-corrected chi connectivity index (χ1v) is 3.46. The van der Waals surface area contributed by atoms with Crippen LogP contribution in [0.3, 0.4) is 0 Å². The minimum absolute atomic E-state index is 0. The first kappa shape index (κ1) is 23.0. The Kier molecular flexibility index (Phi) is 24.7. The molecule has 0 radical (unpaired) electrons. The van der Waals surface area contributed by atoms with Crippen LogP contribution in [0.5, 0.6) is 0 Å². The minimum Gasteiger partial charge on any atom is -1.00 e. The van der Waals surface area contributed by atoms with Gasteiger partial charge in [0.05, 0.1) is 0 Å². The molecule has 0 aliphatic carbocycles. The zero-order valence-corrected chi connectivity index (χ0v) is 8.12. The van der Waals surface area contributed by atoms with Crippen molar-refractivity contribution in [2.24, 2.45) is 0 Å². The molecule has 0 saturated heterocycles. The summed E-state index contributed by atoms with van der Waals surface area (Å²) in [5, 5.41) is 21.5. The molecular weight excluding hydrogens is 218 g/mol. The van der Waals surface area contributed by atoms with E-state index in [0.29, 0.717) is 0 Å². The van der Waals surface area contributed by atoms with Gasteiger partial charge in [-0.05, 0) is 0 Å². The van der Waals surface area contributed by atoms with E-state index in [2.05, 4.69) is 0 Å². The Morgan fingerprint density at radius 3 is 0.909 bits per heavy atom. The smallest absolute Gasteiger partial charge is 1.00 e. The topological polar surface area (TPSA) is 142 Å². The molecule has 0 amide bonds. The summed E-state index contributed by atoms with van der Waals surface area (Å²) in [4.78, 5) is 29.3. The van der Waals surface area contributed by atoms with Gasteiger partial charge >= 0.3 is 54.1 Å². The van der Waals surface area contributed by atoms with E-state index in [0.717, 1.165) is 0 Å². The summed E-state index contributed by atoms with van der Waals surface area (Å²) < 4.78 is 0. The van der Waals surface area contributed by atoms with Crippen molar-refractivity contribution in [3.05, 3.63) is 0 Å². The van der Waals surface area contributed by atoms with Crippen molar-refractivity contribution >= 4 is 71.5 Å². The van der Waals surface area contributed by atoms with E-state index >= 15 is 0 Å². The Morgan fingerprint density at radius 2 is 0.909 bits per heavy atom. The van der Waals surface area contributed by atoms with Gasteiger partial charge in [-0.3, -0.25) is 0 Å². The molecule has 0 atom stereocenters. The van der Waals surface area contributed by atoms with Crippen LogP contribution in [0.15, 0.2) is 0 Å². The van der Waals surface area contributed by atoms with Gasteiger partial charge in [0.1, 0.15) is 0 Å². The molecule has 66 valence electrons. The van der Waals surface area contributed by atoms with E-state index in [9.17, 15) is 0 Å². The average Bonchev–Trinajstić information content (AvgIpc) is 1.19. The third-order valence-electron chi connectivity index (χ3n) is 0. The number of rotatable bonds is 0. The van der Waals surface area contributed by atoms with Crippen molar-refractivity contribution < 1.29 is 37.1 Å². The molecule has 0 unspecified atom stereocenters. The van der Waals surface area contributed by atoms with Gasteiger partial charge in [0.25, 0.3) is 0 Å². The van der Waals surface area contributed by atoms with Gasteiger partial charge in [0.2, 0.25) is 0 Å². The molecule has 11 heavy (non-hydrogen) atoms. The second-order valence-electron chi connectivity index (χ2n) is 0.946. The summed E-state index contributed by atoms with van der Waals surface area (Å²) in [5.74, 6) is 0. The van der Waals surface area contributed by atoms with Crippen LogP contribution >= 0.6 is 0 Å². The molecule has 0 aliphatic rings. The molecule has 11 heteroatoms. The van der Waals surface area contributed by atoms with Crippen molar-refractivity contribution in [3.8, 4) is 0 Å². The average molecular weight is 230 g/mol. The standard InChI is InChI=1S/Al.BH3O3.Ca.H4O4Si.5H/c;2-1(3)4;;1-5(2,3)4;;;;;/h;2-4H;;1-4H;;;;;/q;;+2;;;;;2*-1. The maximum absolute atomic E-state index is 7.33. The molecule has 0 fully saturated rings. The van der Waals surface area contributed by atoms with Gasteiger partial charge in [-0.15, -0.1) is 0 Å². The Bertz CT molecular complexity index is 63.2. The van der Waals surface area contributed by atoms with Crippen LogP contribution in [0.4, 0.5) is 0 Å². The van der Waals surface area contributed by atoms with E-state index in [1.807, 2.05) is 0 Å². The zero-order valence-electron chi connectivity index (χ0n) is 6.91. The van der Waals surface area contributed by atoms with Gasteiger partial charge in [-0.1, -0.05) is 0 Å². The van der Waals surface area contributed by atoms with E-state index in [-0.39, 0.29) is 58.0 Å². The van der Waals surface area contributed by atoms with Crippen LogP contribution in [0.1, 0.15) is 2.85 Å². The molecule has 0 aromatic rings. The predicted molar refractivity (Wildman–Crippen MR) is 45.0 cm³/mol. The summed E-state index contributed by atoms with van der Waals surface area (Å²) in [7, 11) is -6.78. The Balaban J connectivity index is -0.0000000146. The molecule has 0 aromatic carbocycles. The molecule has 0 spiro atoms. The zero-order chi connectivity index (χ0) is 8.08. The molecular formula is H12AlBCaO7Si. The molecule has 7 N–H and O–H groups in total. The van der Waals surface area contributed by atoms with Gasteiger partial charge < -0.3 is 37.1 Å². The second-order valence-corrected chi connectivity index (χ2v) is 2.15. The molecule has 0 bridgehead atoms. The summed E-state index contributed by atoms with van der Waals surface area (Å²) in [5.41, 5.74) is 0. The van der Waals surface area contributed by atoms with E-state index in [4.69, 9.17) is 34.3 Å². The van der Waals surface area contributed by atoms with Gasteiger partial charge in [-0.2, -0.15) is 0 Å². The van der Waals surface area contributed by atoms with Crippen molar-refractivity contribution in [1.82, 2.24) is 0 Å². The molecule has 0 rings (SSSR count). The fourth-order valence-electron chi connectivity index (χ4n) is 0. The Hall–Kier alpha value is 1.79. The van der Waals surface area contributed by atoms with Crippen LogP contribution < -0.4 is 0 Å². The number of hydrogen-bond acceptors (Lipinski definition) is 7. The van der Waals surface area contributed by atoms with Crippen LogP contribution in [-0.2, 0) is 0 Å². The predicted octanol–water partition coefficient (Wildman–Crippen LogP) is -6.00. The Labute approximate surface area is 108 Å². The molecule has 7 nitrogen and oxygen atoms in total. The Morgan fingerprint density at radius 1 is 0.909 bits per heavy atom. The third kappa shape index (κ3) is 352. The van der Waals surface area contributed by atoms with Gasteiger partial charge in [-0.25, -0.2) is 0 Å². The SMILES string of the molecule is OB(O)O.O[Si](O)(O)O.[AlH3].[Ca+2].[H-].[H-]. The van der Waals surface area contributed by atoms with Crippen molar-refractivity contribution in [3.63, 3.8) is 0 Å². The third-order valence-corrected chi connectivity index (χ3v) is 0. The largest absolute Gasteiger partial charge is 2.00 e. The second kappa shape index (κ2) is 11.8. The summed E-state index contributed by atoms with van der Waals surface area (Å²) >= 11 is 0. The summed E-state index contributed by atoms with van der Waals surface area (Å²) in [6.45, 7) is 0. The molecule has 0 aliphatic heterocycles. The maximum atomic E-state index is 7.33. The van der Waals surface area contributed by atoms with Crippen LogP contribution in [0.25, 0.3) is 0 Å². The fourth-order valence-corrected chi connectivity index (χ4v) is 0. The normalized spacial score (nSPS) is 7.91. The summed E-state index contributed by atoms with van der Waals surface area (Å²) in [6, 6.07) is 0. The van der Waals surface area contributed by atoms with Crippen molar-refractivity contribution in [1.29, 1.82) is 0 Å². The van der Waals surface area contributed by atoms with E-state index < -0.39 is 16.4 Å². The summed E-state index contributed by atoms with van der Waals surface area (Å²) in [6.07, 6.45) is 0. The van der Waals surface area contributed by atoms with Crippen LogP contribution in [-0.4, -0.2) is 106 Å². The molecule has 0 heterocycles. The van der Waals surface area contributed by atoms with Crippen LogP contribution in [0.2, 0.25) is 0 Å². The van der Waals surface area contributed by atoms with E-state index in [1.165, 1.54) is 0 Å². The van der Waals surface area contributed by atoms with Crippen molar-refractivity contribution in [2.45, 2.75) is 0 Å². The monoisotopic (exact) mass is 230 g/mol. The molecule has 0 saturated carbocycles. The van der Waals surface area contributed by atoms with Crippen LogP contribution in [0, 0.1) is 0 Å². The van der Waals surface area contributed by atoms with E-state index in [1.54, 1.807) is 0 Å². The van der Waals surface area contributed by atoms with Gasteiger partial charge in [0, 0.05) is 0 Å². The molecule has 0 aromatic heterocycles.